The van der Waals surface area contributed by atoms with Gasteiger partial charge in [-0.05, 0) is 61.9 Å². The van der Waals surface area contributed by atoms with Crippen LogP contribution in [0, 0.1) is 11.8 Å². The first kappa shape index (κ1) is 26.6. The molecule has 3 aliphatic rings. The average molecular weight is 538 g/mol. The molecule has 1 unspecified atom stereocenters. The second-order valence-corrected chi connectivity index (χ2v) is 11.3. The van der Waals surface area contributed by atoms with Crippen LogP contribution in [0.5, 0.6) is 23.0 Å². The molecule has 6 rings (SSSR count). The summed E-state index contributed by atoms with van der Waals surface area (Å²) in [5, 5.41) is 1.19. The van der Waals surface area contributed by atoms with E-state index in [0.29, 0.717) is 12.4 Å². The van der Waals surface area contributed by atoms with Gasteiger partial charge in [0.2, 0.25) is 12.5 Å². The Balaban J connectivity index is 0.00000294. The van der Waals surface area contributed by atoms with Crippen molar-refractivity contribution in [2.45, 2.75) is 64.3 Å². The van der Waals surface area contributed by atoms with E-state index in [-0.39, 0.29) is 30.7 Å². The molecule has 2 aliphatic heterocycles. The highest BCUT2D eigenvalue weighted by molar-refractivity contribution is 5.86. The molecule has 2 aromatic carbocycles. The number of likely N-dealkylation sites (N-methyl/N-ethyl adjacent to an activating group) is 1. The van der Waals surface area contributed by atoms with Crippen LogP contribution in [0.15, 0.2) is 22.6 Å². The van der Waals surface area contributed by atoms with Gasteiger partial charge < -0.3 is 23.4 Å². The van der Waals surface area contributed by atoms with Crippen LogP contribution in [-0.4, -0.2) is 39.0 Å². The number of ether oxygens (including phenoxy) is 4. The largest absolute Gasteiger partial charge is 0.492 e. The number of furan rings is 1. The Labute approximate surface area is 231 Å². The maximum atomic E-state index is 6.37. The Kier molecular flexibility index (Phi) is 7.19. The smallest absolute Gasteiger partial charge is 0.231 e. The SMILES string of the molecule is COc1c2c(cc3c1C(C#CCOc1cc4c5c(oc4cc1C(C)(C)C)CCCC5)N(C)CC3)OCO2.Cl. The topological polar surface area (TPSA) is 53.3 Å². The number of hydrogen-bond donors (Lipinski definition) is 0. The van der Waals surface area contributed by atoms with E-state index < -0.39 is 0 Å². The highest BCUT2D eigenvalue weighted by atomic mass is 35.5. The summed E-state index contributed by atoms with van der Waals surface area (Å²) in [5.41, 5.74) is 5.65. The minimum absolute atomic E-state index is 0. The number of rotatable bonds is 3. The van der Waals surface area contributed by atoms with Crippen LogP contribution in [0.3, 0.4) is 0 Å². The van der Waals surface area contributed by atoms with Gasteiger partial charge in [-0.15, -0.1) is 12.4 Å². The minimum atomic E-state index is -0.109. The molecule has 0 radical (unpaired) electrons. The highest BCUT2D eigenvalue weighted by Gasteiger charge is 2.33. The lowest BCUT2D eigenvalue weighted by Crippen LogP contribution is -2.31. The summed E-state index contributed by atoms with van der Waals surface area (Å²) < 4.78 is 29.8. The van der Waals surface area contributed by atoms with Gasteiger partial charge in [0.05, 0.1) is 7.11 Å². The summed E-state index contributed by atoms with van der Waals surface area (Å²) in [5.74, 6) is 11.0. The van der Waals surface area contributed by atoms with Crippen molar-refractivity contribution in [1.29, 1.82) is 0 Å². The van der Waals surface area contributed by atoms with E-state index in [1.165, 1.54) is 29.4 Å². The molecule has 1 aliphatic carbocycles. The fourth-order valence-electron chi connectivity index (χ4n) is 5.86. The molecular formula is C31H36ClNO5. The van der Waals surface area contributed by atoms with Crippen LogP contribution in [0.1, 0.15) is 67.7 Å². The Morgan fingerprint density at radius 3 is 2.68 bits per heavy atom. The van der Waals surface area contributed by atoms with Gasteiger partial charge in [0, 0.05) is 35.0 Å². The van der Waals surface area contributed by atoms with Crippen molar-refractivity contribution in [3.63, 3.8) is 0 Å². The number of fused-ring (bicyclic) bond motifs is 5. The van der Waals surface area contributed by atoms with Gasteiger partial charge in [-0.2, -0.15) is 0 Å². The molecule has 0 fully saturated rings. The van der Waals surface area contributed by atoms with Crippen molar-refractivity contribution in [2.75, 3.05) is 34.1 Å². The van der Waals surface area contributed by atoms with Crippen molar-refractivity contribution >= 4 is 23.4 Å². The Morgan fingerprint density at radius 1 is 1.08 bits per heavy atom. The third-order valence-corrected chi connectivity index (χ3v) is 7.80. The van der Waals surface area contributed by atoms with Crippen LogP contribution in [-0.2, 0) is 24.7 Å². The Hall–Kier alpha value is -3.01. The molecule has 3 aromatic rings. The summed E-state index contributed by atoms with van der Waals surface area (Å²) in [6, 6.07) is 6.32. The molecule has 202 valence electrons. The van der Waals surface area contributed by atoms with E-state index in [1.807, 2.05) is 0 Å². The average Bonchev–Trinajstić information content (AvgIpc) is 3.49. The van der Waals surface area contributed by atoms with Crippen molar-refractivity contribution in [3.05, 3.63) is 46.2 Å². The van der Waals surface area contributed by atoms with Gasteiger partial charge in [-0.25, -0.2) is 0 Å². The fourth-order valence-corrected chi connectivity index (χ4v) is 5.86. The van der Waals surface area contributed by atoms with Gasteiger partial charge in [-0.1, -0.05) is 32.6 Å². The maximum absolute atomic E-state index is 6.37. The van der Waals surface area contributed by atoms with Crippen LogP contribution >= 0.6 is 12.4 Å². The molecule has 0 saturated heterocycles. The molecule has 6 nitrogen and oxygen atoms in total. The zero-order valence-corrected chi connectivity index (χ0v) is 23.7. The monoisotopic (exact) mass is 537 g/mol. The van der Waals surface area contributed by atoms with E-state index in [1.54, 1.807) is 7.11 Å². The van der Waals surface area contributed by atoms with Gasteiger partial charge >= 0.3 is 0 Å². The first-order valence-corrected chi connectivity index (χ1v) is 13.2. The molecule has 0 bridgehead atoms. The Morgan fingerprint density at radius 2 is 1.89 bits per heavy atom. The van der Waals surface area contributed by atoms with E-state index in [9.17, 15) is 0 Å². The summed E-state index contributed by atoms with van der Waals surface area (Å²) in [6.45, 7) is 8.06. The first-order valence-electron chi connectivity index (χ1n) is 13.2. The predicted molar refractivity (Wildman–Crippen MR) is 150 cm³/mol. The normalized spacial score (nSPS) is 18.2. The molecule has 0 spiro atoms. The second-order valence-electron chi connectivity index (χ2n) is 11.3. The van der Waals surface area contributed by atoms with Gasteiger partial charge in [0.15, 0.2) is 11.5 Å². The summed E-state index contributed by atoms with van der Waals surface area (Å²) in [4.78, 5) is 2.25. The van der Waals surface area contributed by atoms with Crippen LogP contribution < -0.4 is 18.9 Å². The van der Waals surface area contributed by atoms with Crippen LogP contribution in [0.2, 0.25) is 0 Å². The van der Waals surface area contributed by atoms with Crippen molar-refractivity contribution in [1.82, 2.24) is 4.90 Å². The van der Waals surface area contributed by atoms with E-state index in [0.717, 1.165) is 65.5 Å². The van der Waals surface area contributed by atoms with Crippen molar-refractivity contribution in [2.24, 2.45) is 0 Å². The number of halogens is 1. The zero-order valence-electron chi connectivity index (χ0n) is 22.9. The summed E-state index contributed by atoms with van der Waals surface area (Å²) in [7, 11) is 3.78. The van der Waals surface area contributed by atoms with Crippen molar-refractivity contribution < 1.29 is 23.4 Å². The fraction of sp³-hybridized carbons (Fsp3) is 0.484. The minimum Gasteiger partial charge on any atom is -0.492 e. The van der Waals surface area contributed by atoms with E-state index in [2.05, 4.69) is 62.8 Å². The van der Waals surface area contributed by atoms with E-state index >= 15 is 0 Å². The molecule has 0 saturated carbocycles. The number of methoxy groups -OCH3 is 1. The lowest BCUT2D eigenvalue weighted by molar-refractivity contribution is 0.171. The third-order valence-electron chi connectivity index (χ3n) is 7.80. The quantitative estimate of drug-likeness (QED) is 0.361. The van der Waals surface area contributed by atoms with Gasteiger partial charge in [0.1, 0.15) is 29.7 Å². The van der Waals surface area contributed by atoms with Gasteiger partial charge in [-0.3, -0.25) is 4.90 Å². The molecule has 7 heteroatoms. The molecule has 1 aromatic heterocycles. The molecular weight excluding hydrogens is 502 g/mol. The number of benzene rings is 2. The Bertz CT molecular complexity index is 1420. The lowest BCUT2D eigenvalue weighted by atomic mass is 9.85. The molecule has 0 N–H and O–H groups in total. The maximum Gasteiger partial charge on any atom is 0.231 e. The van der Waals surface area contributed by atoms with Crippen molar-refractivity contribution in [3.8, 4) is 34.8 Å². The third kappa shape index (κ3) is 4.57. The molecule has 1 atom stereocenters. The second kappa shape index (κ2) is 10.3. The zero-order chi connectivity index (χ0) is 25.7. The van der Waals surface area contributed by atoms with E-state index in [4.69, 9.17) is 23.4 Å². The predicted octanol–water partition coefficient (Wildman–Crippen LogP) is 6.38. The lowest BCUT2D eigenvalue weighted by Gasteiger charge is -2.32. The molecule has 3 heterocycles. The number of hydrogen-bond acceptors (Lipinski definition) is 6. The van der Waals surface area contributed by atoms with Crippen LogP contribution in [0.4, 0.5) is 0 Å². The molecule has 38 heavy (non-hydrogen) atoms. The van der Waals surface area contributed by atoms with Gasteiger partial charge in [0.25, 0.3) is 0 Å². The number of nitrogens with zero attached hydrogens (tertiary/aromatic N) is 1. The first-order chi connectivity index (χ1) is 17.8. The summed E-state index contributed by atoms with van der Waals surface area (Å²) in [6.07, 6.45) is 5.42. The van der Waals surface area contributed by atoms with Crippen LogP contribution in [0.25, 0.3) is 11.0 Å². The standard InChI is InChI=1S/C31H35NO5.ClH/c1-31(2,3)22-17-25-21(20-9-6-7-11-24(20)37-25)16-26(22)34-14-8-10-23-28-19(12-13-32(23)4)15-27-29(30(28)33-5)36-18-35-27;/h15-17,23H,6-7,9,11-14,18H2,1-5H3;1H. The highest BCUT2D eigenvalue weighted by Crippen LogP contribution is 2.49. The summed E-state index contributed by atoms with van der Waals surface area (Å²) >= 11 is 0. The number of aryl methyl sites for hydroxylation is 2. The molecule has 0 amide bonds.